The topological polar surface area (TPSA) is 55.1 Å². The molecule has 2 rings (SSSR count). The molecular weight excluding hydrogens is 346 g/mol. The Morgan fingerprint density at radius 3 is 2.38 bits per heavy atom. The Balaban J connectivity index is 2.27. The standard InChI is InChI=1S/C14H13BrF2N2O2/c1-6(12-7(2)19-21-8(12)3)18-14(20)13-10(16)4-9(15)5-11(13)17/h4-6H,1-3H3,(H,18,20). The molecule has 4 nitrogen and oxygen atoms in total. The van der Waals surface area contributed by atoms with Gasteiger partial charge in [0.2, 0.25) is 0 Å². The second-order valence-corrected chi connectivity index (χ2v) is 5.59. The van der Waals surface area contributed by atoms with Crippen molar-refractivity contribution >= 4 is 21.8 Å². The summed E-state index contributed by atoms with van der Waals surface area (Å²) in [5.41, 5.74) is 0.704. The van der Waals surface area contributed by atoms with Gasteiger partial charge in [0.25, 0.3) is 5.91 Å². The molecule has 0 bridgehead atoms. The number of aryl methyl sites for hydroxylation is 2. The molecule has 1 unspecified atom stereocenters. The van der Waals surface area contributed by atoms with Crippen molar-refractivity contribution in [1.29, 1.82) is 0 Å². The highest BCUT2D eigenvalue weighted by Gasteiger charge is 2.23. The van der Waals surface area contributed by atoms with E-state index >= 15 is 0 Å². The van der Waals surface area contributed by atoms with Gasteiger partial charge in [0.05, 0.1) is 11.7 Å². The van der Waals surface area contributed by atoms with Crippen molar-refractivity contribution in [3.05, 3.63) is 50.8 Å². The van der Waals surface area contributed by atoms with E-state index in [1.807, 2.05) is 0 Å². The summed E-state index contributed by atoms with van der Waals surface area (Å²) in [6.45, 7) is 5.13. The molecule has 112 valence electrons. The highest BCUT2D eigenvalue weighted by molar-refractivity contribution is 9.10. The third-order valence-corrected chi connectivity index (χ3v) is 3.56. The average Bonchev–Trinajstić information content (AvgIpc) is 2.67. The lowest BCUT2D eigenvalue weighted by atomic mass is 10.1. The smallest absolute Gasteiger partial charge is 0.257 e. The molecule has 1 aromatic heterocycles. The Morgan fingerprint density at radius 2 is 1.90 bits per heavy atom. The maximum atomic E-state index is 13.8. The van der Waals surface area contributed by atoms with E-state index in [1.165, 1.54) is 0 Å². The van der Waals surface area contributed by atoms with Crippen LogP contribution in [-0.4, -0.2) is 11.1 Å². The fourth-order valence-corrected chi connectivity index (χ4v) is 2.61. The van der Waals surface area contributed by atoms with Gasteiger partial charge in [-0.05, 0) is 32.9 Å². The van der Waals surface area contributed by atoms with E-state index in [9.17, 15) is 13.6 Å². The molecule has 0 aliphatic rings. The molecular formula is C14H13BrF2N2O2. The Kier molecular flexibility index (Phi) is 4.41. The lowest BCUT2D eigenvalue weighted by Crippen LogP contribution is -2.29. The van der Waals surface area contributed by atoms with Gasteiger partial charge in [0, 0.05) is 10.0 Å². The van der Waals surface area contributed by atoms with E-state index in [0.717, 1.165) is 12.1 Å². The van der Waals surface area contributed by atoms with Gasteiger partial charge in [0.15, 0.2) is 0 Å². The fourth-order valence-electron chi connectivity index (χ4n) is 2.21. The molecule has 0 saturated carbocycles. The number of amides is 1. The summed E-state index contributed by atoms with van der Waals surface area (Å²) in [5, 5.41) is 6.33. The third-order valence-electron chi connectivity index (χ3n) is 3.10. The van der Waals surface area contributed by atoms with Crippen LogP contribution in [0.3, 0.4) is 0 Å². The van der Waals surface area contributed by atoms with E-state index in [2.05, 4.69) is 26.4 Å². The summed E-state index contributed by atoms with van der Waals surface area (Å²) >= 11 is 2.97. The summed E-state index contributed by atoms with van der Waals surface area (Å²) in [7, 11) is 0. The summed E-state index contributed by atoms with van der Waals surface area (Å²) in [6, 6.07) is 1.60. The molecule has 1 N–H and O–H groups in total. The molecule has 1 atom stereocenters. The minimum atomic E-state index is -0.926. The van der Waals surface area contributed by atoms with Crippen LogP contribution < -0.4 is 5.32 Å². The molecule has 1 aromatic carbocycles. The maximum Gasteiger partial charge on any atom is 0.257 e. The van der Waals surface area contributed by atoms with Crippen molar-refractivity contribution in [1.82, 2.24) is 10.5 Å². The monoisotopic (exact) mass is 358 g/mol. The zero-order valence-electron chi connectivity index (χ0n) is 11.6. The molecule has 0 aliphatic heterocycles. The number of hydrogen-bond donors (Lipinski definition) is 1. The molecule has 1 amide bonds. The van der Waals surface area contributed by atoms with Crippen LogP contribution in [0.5, 0.6) is 0 Å². The maximum absolute atomic E-state index is 13.8. The van der Waals surface area contributed by atoms with Crippen LogP contribution in [0.4, 0.5) is 8.78 Å². The number of nitrogens with zero attached hydrogens (tertiary/aromatic N) is 1. The van der Waals surface area contributed by atoms with Crippen molar-refractivity contribution in [3.8, 4) is 0 Å². The van der Waals surface area contributed by atoms with Gasteiger partial charge in [-0.3, -0.25) is 4.79 Å². The quantitative estimate of drug-likeness (QED) is 0.907. The molecule has 1 heterocycles. The van der Waals surface area contributed by atoms with Crippen LogP contribution in [0.2, 0.25) is 0 Å². The number of rotatable bonds is 3. The van der Waals surface area contributed by atoms with E-state index in [4.69, 9.17) is 4.52 Å². The molecule has 2 aromatic rings. The second kappa shape index (κ2) is 5.93. The second-order valence-electron chi connectivity index (χ2n) is 4.68. The zero-order chi connectivity index (χ0) is 15.7. The van der Waals surface area contributed by atoms with Crippen LogP contribution in [0, 0.1) is 25.5 Å². The molecule has 0 fully saturated rings. The first-order chi connectivity index (χ1) is 9.81. The van der Waals surface area contributed by atoms with E-state index in [0.29, 0.717) is 17.0 Å². The summed E-state index contributed by atoms with van der Waals surface area (Å²) in [6.07, 6.45) is 0. The summed E-state index contributed by atoms with van der Waals surface area (Å²) < 4.78 is 32.7. The number of aromatic nitrogens is 1. The van der Waals surface area contributed by atoms with Gasteiger partial charge in [-0.25, -0.2) is 8.78 Å². The van der Waals surface area contributed by atoms with Crippen LogP contribution in [-0.2, 0) is 0 Å². The lowest BCUT2D eigenvalue weighted by Gasteiger charge is -2.14. The van der Waals surface area contributed by atoms with Crippen LogP contribution in [0.25, 0.3) is 0 Å². The van der Waals surface area contributed by atoms with Gasteiger partial charge in [-0.1, -0.05) is 21.1 Å². The number of halogens is 3. The van der Waals surface area contributed by atoms with Crippen LogP contribution >= 0.6 is 15.9 Å². The first-order valence-corrected chi connectivity index (χ1v) is 6.98. The molecule has 7 heteroatoms. The number of carbonyl (C=O) groups is 1. The molecule has 0 radical (unpaired) electrons. The van der Waals surface area contributed by atoms with Gasteiger partial charge in [-0.2, -0.15) is 0 Å². The van der Waals surface area contributed by atoms with E-state index in [1.54, 1.807) is 20.8 Å². The minimum Gasteiger partial charge on any atom is -0.361 e. The van der Waals surface area contributed by atoms with Crippen molar-refractivity contribution in [2.45, 2.75) is 26.8 Å². The Hall–Kier alpha value is -1.76. The normalized spacial score (nSPS) is 12.3. The number of hydrogen-bond acceptors (Lipinski definition) is 3. The van der Waals surface area contributed by atoms with Crippen molar-refractivity contribution in [3.63, 3.8) is 0 Å². The predicted molar refractivity (Wildman–Crippen MR) is 75.9 cm³/mol. The largest absolute Gasteiger partial charge is 0.361 e. The number of benzene rings is 1. The fraction of sp³-hybridized carbons (Fsp3) is 0.286. The van der Waals surface area contributed by atoms with Gasteiger partial charge in [0.1, 0.15) is 23.0 Å². The van der Waals surface area contributed by atoms with Gasteiger partial charge >= 0.3 is 0 Å². The lowest BCUT2D eigenvalue weighted by molar-refractivity contribution is 0.0931. The molecule has 0 saturated heterocycles. The third kappa shape index (κ3) is 3.12. The van der Waals surface area contributed by atoms with Crippen LogP contribution in [0.15, 0.2) is 21.1 Å². The van der Waals surface area contributed by atoms with Gasteiger partial charge < -0.3 is 9.84 Å². The van der Waals surface area contributed by atoms with Crippen molar-refractivity contribution < 1.29 is 18.1 Å². The zero-order valence-corrected chi connectivity index (χ0v) is 13.2. The minimum absolute atomic E-state index is 0.229. The van der Waals surface area contributed by atoms with E-state index in [-0.39, 0.29) is 4.47 Å². The molecule has 0 spiro atoms. The summed E-state index contributed by atoms with van der Waals surface area (Å²) in [5.74, 6) is -2.13. The van der Waals surface area contributed by atoms with Gasteiger partial charge in [-0.15, -0.1) is 0 Å². The number of nitrogens with one attached hydrogen (secondary N) is 1. The molecule has 0 aliphatic carbocycles. The van der Waals surface area contributed by atoms with E-state index < -0.39 is 29.1 Å². The molecule has 21 heavy (non-hydrogen) atoms. The predicted octanol–water partition coefficient (Wildman–Crippen LogP) is 3.82. The Labute approximate surface area is 128 Å². The summed E-state index contributed by atoms with van der Waals surface area (Å²) in [4.78, 5) is 12.1. The first kappa shape index (κ1) is 15.6. The first-order valence-electron chi connectivity index (χ1n) is 6.19. The highest BCUT2D eigenvalue weighted by atomic mass is 79.9. The Bertz CT molecular complexity index is 658. The van der Waals surface area contributed by atoms with Crippen LogP contribution in [0.1, 0.15) is 40.3 Å². The van der Waals surface area contributed by atoms with Crippen molar-refractivity contribution in [2.24, 2.45) is 0 Å². The highest BCUT2D eigenvalue weighted by Crippen LogP contribution is 2.23. The van der Waals surface area contributed by atoms with Crippen molar-refractivity contribution in [2.75, 3.05) is 0 Å². The average molecular weight is 359 g/mol. The Morgan fingerprint density at radius 1 is 1.33 bits per heavy atom. The number of carbonyl (C=O) groups excluding carboxylic acids is 1. The SMILES string of the molecule is Cc1noc(C)c1C(C)NC(=O)c1c(F)cc(Br)cc1F.